The third-order valence-corrected chi connectivity index (χ3v) is 4.52. The molecule has 0 aliphatic carbocycles. The SMILES string of the molecule is O=C(Cc1cc(=O)c2ccccc2o1)c1ccc(C(=O)Nc2ccccc2)cc1. The highest BCUT2D eigenvalue weighted by atomic mass is 16.3. The van der Waals surface area contributed by atoms with Crippen molar-refractivity contribution in [3.05, 3.63) is 112 Å². The molecule has 0 unspecified atom stereocenters. The molecule has 29 heavy (non-hydrogen) atoms. The lowest BCUT2D eigenvalue weighted by atomic mass is 10.0. The lowest BCUT2D eigenvalue weighted by Crippen LogP contribution is -2.12. The minimum absolute atomic E-state index is 0.0321. The van der Waals surface area contributed by atoms with Crippen LogP contribution in [-0.2, 0) is 6.42 Å². The first kappa shape index (κ1) is 18.4. The largest absolute Gasteiger partial charge is 0.460 e. The van der Waals surface area contributed by atoms with Gasteiger partial charge in [0, 0.05) is 22.9 Å². The first-order chi connectivity index (χ1) is 14.1. The van der Waals surface area contributed by atoms with Crippen molar-refractivity contribution in [3.63, 3.8) is 0 Å². The molecule has 0 atom stereocenters. The van der Waals surface area contributed by atoms with Gasteiger partial charge in [-0.1, -0.05) is 42.5 Å². The summed E-state index contributed by atoms with van der Waals surface area (Å²) in [6.07, 6.45) is -0.0321. The van der Waals surface area contributed by atoms with Gasteiger partial charge in [0.15, 0.2) is 11.2 Å². The van der Waals surface area contributed by atoms with Crippen LogP contribution in [0.4, 0.5) is 5.69 Å². The van der Waals surface area contributed by atoms with E-state index in [0.29, 0.717) is 33.5 Å². The molecular weight excluding hydrogens is 366 g/mol. The molecule has 0 aliphatic heterocycles. The average Bonchev–Trinajstić information content (AvgIpc) is 2.74. The molecule has 0 fully saturated rings. The Kier molecular flexibility index (Phi) is 5.03. The van der Waals surface area contributed by atoms with Crippen LogP contribution in [0, 0.1) is 0 Å². The summed E-state index contributed by atoms with van der Waals surface area (Å²) in [4.78, 5) is 37.0. The second-order valence-corrected chi connectivity index (χ2v) is 6.57. The summed E-state index contributed by atoms with van der Waals surface area (Å²) in [5.41, 5.74) is 1.86. The molecule has 5 heteroatoms. The van der Waals surface area contributed by atoms with Crippen molar-refractivity contribution < 1.29 is 14.0 Å². The van der Waals surface area contributed by atoms with Crippen LogP contribution in [0.2, 0.25) is 0 Å². The Hall–Kier alpha value is -3.99. The van der Waals surface area contributed by atoms with Crippen LogP contribution in [0.3, 0.4) is 0 Å². The smallest absolute Gasteiger partial charge is 0.255 e. The van der Waals surface area contributed by atoms with E-state index >= 15 is 0 Å². The molecule has 1 heterocycles. The number of carbonyl (C=O) groups excluding carboxylic acids is 2. The quantitative estimate of drug-likeness (QED) is 0.516. The van der Waals surface area contributed by atoms with Crippen molar-refractivity contribution in [3.8, 4) is 0 Å². The lowest BCUT2D eigenvalue weighted by Gasteiger charge is -2.06. The first-order valence-corrected chi connectivity index (χ1v) is 9.11. The van der Waals surface area contributed by atoms with Gasteiger partial charge in [0.1, 0.15) is 11.3 Å². The molecule has 5 nitrogen and oxygen atoms in total. The zero-order valence-corrected chi connectivity index (χ0v) is 15.4. The zero-order valence-electron chi connectivity index (χ0n) is 15.4. The van der Waals surface area contributed by atoms with Gasteiger partial charge < -0.3 is 9.73 Å². The van der Waals surface area contributed by atoms with Crippen LogP contribution in [-0.4, -0.2) is 11.7 Å². The van der Waals surface area contributed by atoms with E-state index in [9.17, 15) is 14.4 Å². The van der Waals surface area contributed by atoms with Gasteiger partial charge in [-0.3, -0.25) is 14.4 Å². The van der Waals surface area contributed by atoms with Crippen molar-refractivity contribution in [2.24, 2.45) is 0 Å². The van der Waals surface area contributed by atoms with Gasteiger partial charge >= 0.3 is 0 Å². The number of anilines is 1. The number of ketones is 1. The Morgan fingerprint density at radius 2 is 1.45 bits per heavy atom. The molecular formula is C24H17NO4. The van der Waals surface area contributed by atoms with Crippen molar-refractivity contribution in [1.29, 1.82) is 0 Å². The van der Waals surface area contributed by atoms with Gasteiger partial charge in [-0.2, -0.15) is 0 Å². The van der Waals surface area contributed by atoms with E-state index in [2.05, 4.69) is 5.32 Å². The molecule has 142 valence electrons. The number of benzene rings is 3. The topological polar surface area (TPSA) is 76.4 Å². The third kappa shape index (κ3) is 4.14. The van der Waals surface area contributed by atoms with Gasteiger partial charge in [-0.25, -0.2) is 0 Å². The number of Topliss-reactive ketones (excluding diaryl/α,β-unsaturated/α-hetero) is 1. The second-order valence-electron chi connectivity index (χ2n) is 6.57. The van der Waals surface area contributed by atoms with Gasteiger partial charge in [0.2, 0.25) is 0 Å². The maximum Gasteiger partial charge on any atom is 0.255 e. The summed E-state index contributed by atoms with van der Waals surface area (Å²) in [7, 11) is 0. The molecule has 0 saturated heterocycles. The number of hydrogen-bond acceptors (Lipinski definition) is 4. The van der Waals surface area contributed by atoms with Gasteiger partial charge in [-0.05, 0) is 36.4 Å². The van der Waals surface area contributed by atoms with Crippen LogP contribution < -0.4 is 10.7 Å². The first-order valence-electron chi connectivity index (χ1n) is 9.11. The molecule has 0 aliphatic rings. The highest BCUT2D eigenvalue weighted by Gasteiger charge is 2.13. The van der Waals surface area contributed by atoms with E-state index < -0.39 is 0 Å². The van der Waals surface area contributed by atoms with E-state index in [1.54, 1.807) is 60.7 Å². The summed E-state index contributed by atoms with van der Waals surface area (Å²) < 4.78 is 5.68. The zero-order chi connectivity index (χ0) is 20.2. The summed E-state index contributed by atoms with van der Waals surface area (Å²) >= 11 is 0. The molecule has 0 saturated carbocycles. The van der Waals surface area contributed by atoms with Crippen molar-refractivity contribution in [2.45, 2.75) is 6.42 Å². The number of fused-ring (bicyclic) bond motifs is 1. The van der Waals surface area contributed by atoms with Crippen LogP contribution in [0.15, 0.2) is 94.1 Å². The van der Waals surface area contributed by atoms with E-state index in [1.165, 1.54) is 6.07 Å². The van der Waals surface area contributed by atoms with E-state index in [4.69, 9.17) is 4.42 Å². The predicted octanol–water partition coefficient (Wildman–Crippen LogP) is 4.47. The van der Waals surface area contributed by atoms with Crippen molar-refractivity contribution >= 4 is 28.3 Å². The predicted molar refractivity (Wildman–Crippen MR) is 111 cm³/mol. The molecule has 1 N–H and O–H groups in total. The Morgan fingerprint density at radius 1 is 0.793 bits per heavy atom. The fourth-order valence-corrected chi connectivity index (χ4v) is 3.03. The molecule has 3 aromatic carbocycles. The van der Waals surface area contributed by atoms with Crippen LogP contribution in [0.25, 0.3) is 11.0 Å². The van der Waals surface area contributed by atoms with Gasteiger partial charge in [0.05, 0.1) is 11.8 Å². The normalized spacial score (nSPS) is 10.6. The molecule has 1 amide bonds. The van der Waals surface area contributed by atoms with Crippen molar-refractivity contribution in [1.82, 2.24) is 0 Å². The summed E-state index contributed by atoms with van der Waals surface area (Å²) in [5, 5.41) is 3.28. The third-order valence-electron chi connectivity index (χ3n) is 4.52. The average molecular weight is 383 g/mol. The lowest BCUT2D eigenvalue weighted by molar-refractivity contribution is 0.0983. The minimum Gasteiger partial charge on any atom is -0.460 e. The fraction of sp³-hybridized carbons (Fsp3) is 0.0417. The monoisotopic (exact) mass is 383 g/mol. The molecule has 0 spiro atoms. The molecule has 4 aromatic rings. The minimum atomic E-state index is -0.254. The standard InChI is InChI=1S/C24H17NO4/c26-21(14-19-15-22(27)20-8-4-5-9-23(20)29-19)16-10-12-17(13-11-16)24(28)25-18-6-2-1-3-7-18/h1-13,15H,14H2,(H,25,28). The maximum absolute atomic E-state index is 12.6. The summed E-state index contributed by atoms with van der Waals surface area (Å²) in [6.45, 7) is 0. The number of hydrogen-bond donors (Lipinski definition) is 1. The van der Waals surface area contributed by atoms with Crippen LogP contribution in [0.1, 0.15) is 26.5 Å². The number of rotatable bonds is 5. The highest BCUT2D eigenvalue weighted by Crippen LogP contribution is 2.15. The van der Waals surface area contributed by atoms with Crippen LogP contribution >= 0.6 is 0 Å². The van der Waals surface area contributed by atoms with E-state index in [-0.39, 0.29) is 23.5 Å². The Morgan fingerprint density at radius 3 is 2.21 bits per heavy atom. The maximum atomic E-state index is 12.6. The van der Waals surface area contributed by atoms with Gasteiger partial charge in [0.25, 0.3) is 5.91 Å². The van der Waals surface area contributed by atoms with Gasteiger partial charge in [-0.15, -0.1) is 0 Å². The van der Waals surface area contributed by atoms with E-state index in [1.807, 2.05) is 18.2 Å². The second kappa shape index (κ2) is 7.94. The van der Waals surface area contributed by atoms with E-state index in [0.717, 1.165) is 0 Å². The molecule has 0 radical (unpaired) electrons. The van der Waals surface area contributed by atoms with Crippen LogP contribution in [0.5, 0.6) is 0 Å². The Labute approximate surface area is 166 Å². The number of amides is 1. The fourth-order valence-electron chi connectivity index (χ4n) is 3.03. The molecule has 4 rings (SSSR count). The highest BCUT2D eigenvalue weighted by molar-refractivity contribution is 6.05. The number of para-hydroxylation sites is 2. The number of carbonyl (C=O) groups is 2. The molecule has 1 aromatic heterocycles. The Bertz CT molecular complexity index is 1240. The summed E-state index contributed by atoms with van der Waals surface area (Å²) in [5.74, 6) is -0.140. The Balaban J connectivity index is 1.48. The molecule has 0 bridgehead atoms. The van der Waals surface area contributed by atoms with Crippen molar-refractivity contribution in [2.75, 3.05) is 5.32 Å². The summed E-state index contributed by atoms with van der Waals surface area (Å²) in [6, 6.07) is 23.8. The number of nitrogens with one attached hydrogen (secondary N) is 1.